The van der Waals surface area contributed by atoms with E-state index in [4.69, 9.17) is 10.5 Å². The molecule has 2 atom stereocenters. The number of hydrogen-bond donors (Lipinski definition) is 2. The number of imide groups is 1. The molecule has 4 rings (SSSR count). The number of ether oxygens (including phenoxy) is 1. The number of carbonyl (C=O) groups excluding carboxylic acids is 3. The third-order valence-corrected chi connectivity index (χ3v) is 5.40. The van der Waals surface area contributed by atoms with Crippen LogP contribution in [0.5, 0.6) is 0 Å². The van der Waals surface area contributed by atoms with Gasteiger partial charge in [0, 0.05) is 24.8 Å². The summed E-state index contributed by atoms with van der Waals surface area (Å²) in [5, 5.41) is 2.94. The van der Waals surface area contributed by atoms with Crippen molar-refractivity contribution in [2.24, 2.45) is 11.7 Å². The fourth-order valence-electron chi connectivity index (χ4n) is 3.71. The number of nitrogens with one attached hydrogen (secondary N) is 1. The average molecular weight is 357 g/mol. The zero-order valence-electron chi connectivity index (χ0n) is 14.6. The fourth-order valence-corrected chi connectivity index (χ4v) is 3.71. The molecule has 0 aromatic heterocycles. The molecular weight excluding hydrogens is 334 g/mol. The Balaban J connectivity index is 1.50. The van der Waals surface area contributed by atoms with Crippen molar-refractivity contribution < 1.29 is 19.1 Å². The molecule has 7 nitrogen and oxygen atoms in total. The summed E-state index contributed by atoms with van der Waals surface area (Å²) in [6, 6.07) is 4.63. The third kappa shape index (κ3) is 3.12. The van der Waals surface area contributed by atoms with Crippen molar-refractivity contribution in [3.63, 3.8) is 0 Å². The standard InChI is InChI=1S/C19H23N3O4/c20-9-16(11-3-4-11)21-17(23)12-5-6-14-15(8-12)19(25)22(18(14)24)10-13-2-1-7-26-13/h5-6,8,11,13,16H,1-4,7,9-10,20H2,(H,21,23). The summed E-state index contributed by atoms with van der Waals surface area (Å²) in [5.41, 5.74) is 6.75. The molecule has 2 aliphatic heterocycles. The topological polar surface area (TPSA) is 102 Å². The number of amides is 3. The molecule has 0 spiro atoms. The van der Waals surface area contributed by atoms with Gasteiger partial charge in [-0.3, -0.25) is 19.3 Å². The normalized spacial score (nSPS) is 23.3. The van der Waals surface area contributed by atoms with Gasteiger partial charge in [0.25, 0.3) is 17.7 Å². The van der Waals surface area contributed by atoms with Crippen LogP contribution in [-0.4, -0.2) is 54.5 Å². The molecule has 3 aliphatic rings. The minimum absolute atomic E-state index is 0.0379. The molecule has 0 radical (unpaired) electrons. The van der Waals surface area contributed by atoms with Gasteiger partial charge in [-0.1, -0.05) is 0 Å². The van der Waals surface area contributed by atoms with E-state index in [1.165, 1.54) is 11.0 Å². The van der Waals surface area contributed by atoms with Crippen molar-refractivity contribution in [2.45, 2.75) is 37.8 Å². The van der Waals surface area contributed by atoms with Crippen LogP contribution in [0.1, 0.15) is 56.8 Å². The molecule has 1 saturated carbocycles. The van der Waals surface area contributed by atoms with Crippen molar-refractivity contribution in [1.82, 2.24) is 10.2 Å². The van der Waals surface area contributed by atoms with Crippen molar-refractivity contribution in [3.8, 4) is 0 Å². The summed E-state index contributed by atoms with van der Waals surface area (Å²) >= 11 is 0. The van der Waals surface area contributed by atoms with Gasteiger partial charge in [-0.05, 0) is 49.8 Å². The summed E-state index contributed by atoms with van der Waals surface area (Å²) in [4.78, 5) is 38.9. The molecule has 138 valence electrons. The van der Waals surface area contributed by atoms with Crippen molar-refractivity contribution in [2.75, 3.05) is 19.7 Å². The Morgan fingerprint density at radius 3 is 2.65 bits per heavy atom. The maximum Gasteiger partial charge on any atom is 0.261 e. The number of rotatable bonds is 6. The number of benzene rings is 1. The number of fused-ring (bicyclic) bond motifs is 1. The number of nitrogens with zero attached hydrogens (tertiary/aromatic N) is 1. The van der Waals surface area contributed by atoms with Crippen LogP contribution in [0.15, 0.2) is 18.2 Å². The van der Waals surface area contributed by atoms with E-state index in [2.05, 4.69) is 5.32 Å². The molecule has 2 heterocycles. The zero-order valence-corrected chi connectivity index (χ0v) is 14.6. The second-order valence-corrected chi connectivity index (χ2v) is 7.27. The van der Waals surface area contributed by atoms with E-state index in [0.717, 1.165) is 25.7 Å². The summed E-state index contributed by atoms with van der Waals surface area (Å²) in [6.45, 7) is 1.33. The SMILES string of the molecule is NCC(NC(=O)c1ccc2c(c1)C(=O)N(CC1CCCO1)C2=O)C1CC1. The lowest BCUT2D eigenvalue weighted by Gasteiger charge is -2.17. The molecule has 26 heavy (non-hydrogen) atoms. The first kappa shape index (κ1) is 17.2. The Morgan fingerprint density at radius 1 is 1.23 bits per heavy atom. The highest BCUT2D eigenvalue weighted by atomic mass is 16.5. The smallest absolute Gasteiger partial charge is 0.261 e. The van der Waals surface area contributed by atoms with Crippen LogP contribution in [0.3, 0.4) is 0 Å². The molecule has 1 aromatic rings. The quantitative estimate of drug-likeness (QED) is 0.738. The Labute approximate surface area is 151 Å². The molecule has 0 bridgehead atoms. The Kier molecular flexibility index (Phi) is 4.50. The largest absolute Gasteiger partial charge is 0.376 e. The van der Waals surface area contributed by atoms with Gasteiger partial charge in [-0.25, -0.2) is 0 Å². The van der Waals surface area contributed by atoms with Crippen molar-refractivity contribution >= 4 is 17.7 Å². The Morgan fingerprint density at radius 2 is 2.00 bits per heavy atom. The number of hydrogen-bond acceptors (Lipinski definition) is 5. The molecule has 1 aliphatic carbocycles. The maximum atomic E-state index is 12.7. The maximum absolute atomic E-state index is 12.7. The molecule has 2 unspecified atom stereocenters. The third-order valence-electron chi connectivity index (χ3n) is 5.40. The summed E-state index contributed by atoms with van der Waals surface area (Å²) in [5.74, 6) is -0.477. The lowest BCUT2D eigenvalue weighted by atomic mass is 10.0. The van der Waals surface area contributed by atoms with Crippen LogP contribution in [0.25, 0.3) is 0 Å². The first-order valence-corrected chi connectivity index (χ1v) is 9.21. The molecule has 3 N–H and O–H groups in total. The minimum atomic E-state index is -0.354. The van der Waals surface area contributed by atoms with Gasteiger partial charge in [-0.2, -0.15) is 0 Å². The Hall–Kier alpha value is -2.25. The van der Waals surface area contributed by atoms with Crippen molar-refractivity contribution in [3.05, 3.63) is 34.9 Å². The zero-order chi connectivity index (χ0) is 18.3. The van der Waals surface area contributed by atoms with E-state index in [1.807, 2.05) is 0 Å². The molecule has 7 heteroatoms. The average Bonchev–Trinajstić information content (AvgIpc) is 3.32. The minimum Gasteiger partial charge on any atom is -0.376 e. The van der Waals surface area contributed by atoms with Crippen LogP contribution >= 0.6 is 0 Å². The predicted molar refractivity (Wildman–Crippen MR) is 93.8 cm³/mol. The lowest BCUT2D eigenvalue weighted by Crippen LogP contribution is -2.41. The van der Waals surface area contributed by atoms with E-state index >= 15 is 0 Å². The van der Waals surface area contributed by atoms with Crippen LogP contribution in [0.2, 0.25) is 0 Å². The fraction of sp³-hybridized carbons (Fsp3) is 0.526. The van der Waals surface area contributed by atoms with Crippen LogP contribution in [-0.2, 0) is 4.74 Å². The lowest BCUT2D eigenvalue weighted by molar-refractivity contribution is 0.0475. The highest BCUT2D eigenvalue weighted by molar-refractivity contribution is 6.22. The van der Waals surface area contributed by atoms with Gasteiger partial charge in [0.05, 0.1) is 23.8 Å². The molecule has 1 saturated heterocycles. The van der Waals surface area contributed by atoms with E-state index < -0.39 is 0 Å². The molecule has 1 aromatic carbocycles. The predicted octanol–water partition coefficient (Wildman–Crippen LogP) is 0.929. The van der Waals surface area contributed by atoms with Crippen molar-refractivity contribution in [1.29, 1.82) is 0 Å². The van der Waals surface area contributed by atoms with Crippen LogP contribution < -0.4 is 11.1 Å². The summed E-state index contributed by atoms with van der Waals surface area (Å²) in [6.07, 6.45) is 3.86. The van der Waals surface area contributed by atoms with E-state index in [0.29, 0.717) is 30.2 Å². The van der Waals surface area contributed by atoms with Gasteiger partial charge in [0.1, 0.15) is 0 Å². The first-order chi connectivity index (χ1) is 12.6. The van der Waals surface area contributed by atoms with Crippen LogP contribution in [0, 0.1) is 5.92 Å². The highest BCUT2D eigenvalue weighted by Gasteiger charge is 2.38. The second kappa shape index (κ2) is 6.81. The monoisotopic (exact) mass is 357 g/mol. The van der Waals surface area contributed by atoms with Gasteiger partial charge in [0.2, 0.25) is 0 Å². The molecular formula is C19H23N3O4. The highest BCUT2D eigenvalue weighted by Crippen LogP contribution is 2.32. The van der Waals surface area contributed by atoms with Gasteiger partial charge < -0.3 is 15.8 Å². The van der Waals surface area contributed by atoms with Gasteiger partial charge >= 0.3 is 0 Å². The molecule has 3 amide bonds. The summed E-state index contributed by atoms with van der Waals surface area (Å²) in [7, 11) is 0. The Bertz CT molecular complexity index is 753. The second-order valence-electron chi connectivity index (χ2n) is 7.27. The van der Waals surface area contributed by atoms with E-state index in [1.54, 1.807) is 12.1 Å². The first-order valence-electron chi connectivity index (χ1n) is 9.21. The van der Waals surface area contributed by atoms with Gasteiger partial charge in [0.15, 0.2) is 0 Å². The van der Waals surface area contributed by atoms with E-state index in [9.17, 15) is 14.4 Å². The number of carbonyl (C=O) groups is 3. The molecule has 2 fully saturated rings. The van der Waals surface area contributed by atoms with E-state index in [-0.39, 0.29) is 42.0 Å². The summed E-state index contributed by atoms with van der Waals surface area (Å²) < 4.78 is 5.53. The number of nitrogens with two attached hydrogens (primary N) is 1. The van der Waals surface area contributed by atoms with Gasteiger partial charge in [-0.15, -0.1) is 0 Å². The van der Waals surface area contributed by atoms with Crippen LogP contribution in [0.4, 0.5) is 0 Å².